The number of benzene rings is 1. The monoisotopic (exact) mass is 485 g/mol. The minimum atomic E-state index is -0.586. The van der Waals surface area contributed by atoms with Crippen LogP contribution in [0.5, 0.6) is 0 Å². The van der Waals surface area contributed by atoms with Crippen LogP contribution in [0.4, 0.5) is 16.3 Å². The Bertz CT molecular complexity index is 1400. The van der Waals surface area contributed by atoms with Gasteiger partial charge in [-0.25, -0.2) is 14.8 Å². The Morgan fingerprint density at radius 2 is 1.92 bits per heavy atom. The minimum Gasteiger partial charge on any atom is -0.453 e. The van der Waals surface area contributed by atoms with E-state index >= 15 is 0 Å². The zero-order valence-corrected chi connectivity index (χ0v) is 20.2. The van der Waals surface area contributed by atoms with Gasteiger partial charge in [0.15, 0.2) is 0 Å². The molecule has 0 bridgehead atoms. The van der Waals surface area contributed by atoms with Crippen molar-refractivity contribution in [3.05, 3.63) is 78.2 Å². The second kappa shape index (κ2) is 10.2. The Morgan fingerprint density at radius 3 is 2.69 bits per heavy atom. The number of hydrogen-bond donors (Lipinski definition) is 1. The second-order valence-corrected chi connectivity index (χ2v) is 8.62. The lowest BCUT2D eigenvalue weighted by Gasteiger charge is -2.34. The molecule has 9 heteroatoms. The number of amides is 2. The van der Waals surface area contributed by atoms with Crippen LogP contribution in [0, 0.1) is 0 Å². The highest BCUT2D eigenvalue weighted by atomic mass is 16.5. The van der Waals surface area contributed by atoms with Crippen molar-refractivity contribution in [2.75, 3.05) is 37.6 Å². The third-order valence-corrected chi connectivity index (χ3v) is 6.51. The number of para-hydroxylation sites is 1. The lowest BCUT2D eigenvalue weighted by Crippen LogP contribution is -2.37. The summed E-state index contributed by atoms with van der Waals surface area (Å²) in [5.41, 5.74) is 5.02. The van der Waals surface area contributed by atoms with Gasteiger partial charge in [0, 0.05) is 43.9 Å². The molecule has 0 radical (unpaired) electrons. The number of methoxy groups -OCH3 is 2. The number of fused-ring (bicyclic) bond motifs is 2. The van der Waals surface area contributed by atoms with Crippen LogP contribution in [-0.2, 0) is 9.47 Å². The number of ether oxygens (including phenoxy) is 2. The normalized spacial score (nSPS) is 14.9. The van der Waals surface area contributed by atoms with Crippen LogP contribution in [0.1, 0.15) is 34.7 Å². The van der Waals surface area contributed by atoms with Gasteiger partial charge in [-0.15, -0.1) is 0 Å². The first-order valence-electron chi connectivity index (χ1n) is 11.8. The maximum Gasteiger partial charge on any atom is 0.412 e. The van der Waals surface area contributed by atoms with Gasteiger partial charge in [-0.05, 0) is 54.7 Å². The molecule has 0 saturated heterocycles. The molecule has 4 heterocycles. The SMILES string of the molecule is COCCC1CCN(C(=O)c2ccc3ncc(-c4ccc(NC(=O)OC)nc4)n3c2)c2ccccc21. The topological polar surface area (TPSA) is 98.1 Å². The number of nitrogens with one attached hydrogen (secondary N) is 1. The fraction of sp³-hybridized carbons (Fsp3) is 0.259. The number of imidazole rings is 1. The predicted octanol–water partition coefficient (Wildman–Crippen LogP) is 4.75. The number of carbonyl (C=O) groups excluding carboxylic acids is 2. The standard InChI is InChI=1S/C27H27N5O4/c1-35-14-12-18-11-13-31(22-6-4-3-5-21(18)22)26(33)20-8-10-25-29-16-23(32(25)17-20)19-7-9-24(28-15-19)30-27(34)36-2/h3-10,15-18H,11-14H2,1-2H3,(H,28,30,34). The summed E-state index contributed by atoms with van der Waals surface area (Å²) in [6.07, 6.45) is 6.44. The molecule has 2 amide bonds. The zero-order valence-electron chi connectivity index (χ0n) is 20.2. The van der Waals surface area contributed by atoms with Gasteiger partial charge in [0.05, 0.1) is 24.6 Å². The van der Waals surface area contributed by atoms with E-state index in [0.717, 1.165) is 35.4 Å². The maximum absolute atomic E-state index is 13.7. The Balaban J connectivity index is 1.44. The van der Waals surface area contributed by atoms with Crippen molar-refractivity contribution < 1.29 is 19.1 Å². The van der Waals surface area contributed by atoms with E-state index in [4.69, 9.17) is 4.74 Å². The van der Waals surface area contributed by atoms with Crippen molar-refractivity contribution in [3.8, 4) is 11.3 Å². The molecule has 1 aliphatic heterocycles. The molecule has 1 unspecified atom stereocenters. The van der Waals surface area contributed by atoms with E-state index < -0.39 is 6.09 Å². The third kappa shape index (κ3) is 4.52. The molecular weight excluding hydrogens is 458 g/mol. The van der Waals surface area contributed by atoms with Crippen molar-refractivity contribution >= 4 is 29.2 Å². The third-order valence-electron chi connectivity index (χ3n) is 6.51. The van der Waals surface area contributed by atoms with E-state index in [2.05, 4.69) is 26.1 Å². The largest absolute Gasteiger partial charge is 0.453 e. The Morgan fingerprint density at radius 1 is 1.06 bits per heavy atom. The summed E-state index contributed by atoms with van der Waals surface area (Å²) < 4.78 is 11.8. The van der Waals surface area contributed by atoms with Gasteiger partial charge in [0.1, 0.15) is 11.5 Å². The second-order valence-electron chi connectivity index (χ2n) is 8.62. The highest BCUT2D eigenvalue weighted by molar-refractivity contribution is 6.07. The van der Waals surface area contributed by atoms with Gasteiger partial charge in [-0.3, -0.25) is 14.5 Å². The fourth-order valence-corrected chi connectivity index (χ4v) is 4.66. The van der Waals surface area contributed by atoms with Crippen LogP contribution in [0.15, 0.2) is 67.1 Å². The predicted molar refractivity (Wildman–Crippen MR) is 136 cm³/mol. The molecule has 0 fully saturated rings. The molecule has 36 heavy (non-hydrogen) atoms. The van der Waals surface area contributed by atoms with E-state index in [1.165, 1.54) is 12.7 Å². The number of anilines is 2. The number of hydrogen-bond acceptors (Lipinski definition) is 6. The molecule has 9 nitrogen and oxygen atoms in total. The van der Waals surface area contributed by atoms with Gasteiger partial charge >= 0.3 is 6.09 Å². The van der Waals surface area contributed by atoms with E-state index in [9.17, 15) is 9.59 Å². The number of pyridine rings is 2. The summed E-state index contributed by atoms with van der Waals surface area (Å²) in [5, 5.41) is 2.53. The van der Waals surface area contributed by atoms with Crippen LogP contribution in [0.25, 0.3) is 16.9 Å². The maximum atomic E-state index is 13.7. The van der Waals surface area contributed by atoms with E-state index in [0.29, 0.717) is 30.5 Å². The van der Waals surface area contributed by atoms with Gasteiger partial charge in [0.2, 0.25) is 0 Å². The summed E-state index contributed by atoms with van der Waals surface area (Å²) in [7, 11) is 3.01. The van der Waals surface area contributed by atoms with E-state index in [-0.39, 0.29) is 5.91 Å². The first-order chi connectivity index (χ1) is 17.6. The average Bonchev–Trinajstić information content (AvgIpc) is 3.35. The van der Waals surface area contributed by atoms with Gasteiger partial charge < -0.3 is 14.4 Å². The van der Waals surface area contributed by atoms with Gasteiger partial charge in [-0.2, -0.15) is 0 Å². The van der Waals surface area contributed by atoms with E-state index in [1.54, 1.807) is 25.6 Å². The van der Waals surface area contributed by atoms with Crippen LogP contribution in [0.2, 0.25) is 0 Å². The quantitative estimate of drug-likeness (QED) is 0.423. The van der Waals surface area contributed by atoms with Crippen molar-refractivity contribution in [2.24, 2.45) is 0 Å². The van der Waals surface area contributed by atoms with Crippen LogP contribution in [-0.4, -0.2) is 53.7 Å². The average molecular weight is 486 g/mol. The molecule has 1 aromatic carbocycles. The number of carbonyl (C=O) groups is 2. The number of aromatic nitrogens is 3. The first kappa shape index (κ1) is 23.5. The van der Waals surface area contributed by atoms with Gasteiger partial charge in [-0.1, -0.05) is 18.2 Å². The molecular formula is C27H27N5O4. The summed E-state index contributed by atoms with van der Waals surface area (Å²) in [6.45, 7) is 1.35. The Hall–Kier alpha value is -4.24. The summed E-state index contributed by atoms with van der Waals surface area (Å²) in [5.74, 6) is 0.699. The molecule has 0 saturated carbocycles. The van der Waals surface area contributed by atoms with Crippen molar-refractivity contribution in [2.45, 2.75) is 18.8 Å². The van der Waals surface area contributed by atoms with Crippen molar-refractivity contribution in [1.29, 1.82) is 0 Å². The Kier molecular flexibility index (Phi) is 6.64. The molecule has 1 aliphatic rings. The molecule has 3 aromatic heterocycles. The fourth-order valence-electron chi connectivity index (χ4n) is 4.66. The molecule has 1 atom stereocenters. The minimum absolute atomic E-state index is 0.0510. The molecule has 5 rings (SSSR count). The summed E-state index contributed by atoms with van der Waals surface area (Å²) in [6, 6.07) is 15.3. The highest BCUT2D eigenvalue weighted by Gasteiger charge is 2.29. The number of nitrogens with zero attached hydrogens (tertiary/aromatic N) is 4. The first-order valence-corrected chi connectivity index (χ1v) is 11.8. The van der Waals surface area contributed by atoms with Crippen molar-refractivity contribution in [3.63, 3.8) is 0 Å². The highest BCUT2D eigenvalue weighted by Crippen LogP contribution is 2.37. The zero-order chi connectivity index (χ0) is 25.1. The molecule has 0 aliphatic carbocycles. The van der Waals surface area contributed by atoms with Crippen LogP contribution >= 0.6 is 0 Å². The Labute approximate surface area is 208 Å². The molecule has 1 N–H and O–H groups in total. The smallest absolute Gasteiger partial charge is 0.412 e. The van der Waals surface area contributed by atoms with Crippen LogP contribution in [0.3, 0.4) is 0 Å². The molecule has 0 spiro atoms. The lowest BCUT2D eigenvalue weighted by molar-refractivity contribution is 0.0983. The van der Waals surface area contributed by atoms with Crippen molar-refractivity contribution in [1.82, 2.24) is 14.4 Å². The van der Waals surface area contributed by atoms with Crippen LogP contribution < -0.4 is 10.2 Å². The number of rotatable bonds is 6. The molecule has 4 aromatic rings. The molecule has 184 valence electrons. The summed E-state index contributed by atoms with van der Waals surface area (Å²) in [4.78, 5) is 35.7. The van der Waals surface area contributed by atoms with Gasteiger partial charge in [0.25, 0.3) is 5.91 Å². The summed E-state index contributed by atoms with van der Waals surface area (Å²) >= 11 is 0. The van der Waals surface area contributed by atoms with E-state index in [1.807, 2.05) is 51.9 Å². The lowest BCUT2D eigenvalue weighted by atomic mass is 9.87.